The van der Waals surface area contributed by atoms with Gasteiger partial charge in [-0.1, -0.05) is 12.5 Å². The first-order chi connectivity index (χ1) is 13.7. The molecule has 4 nitrogen and oxygen atoms in total. The Balaban J connectivity index is 1.66. The van der Waals surface area contributed by atoms with E-state index < -0.39 is 0 Å². The molecule has 0 aromatic carbocycles. The summed E-state index contributed by atoms with van der Waals surface area (Å²) >= 11 is 0. The quantitative estimate of drug-likeness (QED) is 0.869. The third-order valence-electron chi connectivity index (χ3n) is 7.77. The number of pyridine rings is 2. The Morgan fingerprint density at radius 3 is 2.79 bits per heavy atom. The summed E-state index contributed by atoms with van der Waals surface area (Å²) in [5.41, 5.74) is 3.55. The summed E-state index contributed by atoms with van der Waals surface area (Å²) in [5, 5.41) is 0. The number of Topliss-reactive ketones (excluding diaryl/α,β-unsaturated/α-hetero) is 1. The van der Waals surface area contributed by atoms with Crippen molar-refractivity contribution >= 4 is 5.78 Å². The van der Waals surface area contributed by atoms with Crippen LogP contribution in [-0.2, 0) is 16.6 Å². The number of fused-ring (bicyclic) bond motifs is 3. The monoisotopic (exact) mass is 376 g/mol. The van der Waals surface area contributed by atoms with E-state index in [2.05, 4.69) is 16.0 Å². The number of aromatic nitrogens is 2. The van der Waals surface area contributed by atoms with Crippen LogP contribution in [0.2, 0.25) is 0 Å². The normalized spacial score (nSPS) is 30.1. The summed E-state index contributed by atoms with van der Waals surface area (Å²) in [5.74, 6) is 1.90. The van der Waals surface area contributed by atoms with E-state index in [4.69, 9.17) is 0 Å². The highest BCUT2D eigenvalue weighted by Crippen LogP contribution is 2.55. The molecule has 0 spiro atoms. The largest absolute Gasteiger partial charge is 0.329 e. The van der Waals surface area contributed by atoms with Crippen LogP contribution in [0.3, 0.4) is 0 Å². The lowest BCUT2D eigenvalue weighted by Crippen LogP contribution is -2.43. The first-order valence-electron chi connectivity index (χ1n) is 10.8. The van der Waals surface area contributed by atoms with Crippen molar-refractivity contribution < 1.29 is 4.79 Å². The lowest BCUT2D eigenvalue weighted by Gasteiger charge is -2.44. The number of aromatic amines is 1. The van der Waals surface area contributed by atoms with Crippen LogP contribution in [-0.4, -0.2) is 15.8 Å². The number of hydrogen-bond acceptors (Lipinski definition) is 3. The van der Waals surface area contributed by atoms with Crippen LogP contribution in [0.1, 0.15) is 74.1 Å². The van der Waals surface area contributed by atoms with Gasteiger partial charge in [0, 0.05) is 42.4 Å². The molecule has 3 aliphatic carbocycles. The van der Waals surface area contributed by atoms with Gasteiger partial charge in [-0.25, -0.2) is 0 Å². The second-order valence-corrected chi connectivity index (χ2v) is 9.13. The molecule has 0 radical (unpaired) electrons. The number of H-pyrrole nitrogens is 1. The van der Waals surface area contributed by atoms with Crippen molar-refractivity contribution in [1.82, 2.24) is 9.97 Å². The Kier molecular flexibility index (Phi) is 4.45. The van der Waals surface area contributed by atoms with E-state index in [1.165, 1.54) is 30.4 Å². The van der Waals surface area contributed by atoms with Gasteiger partial charge in [0.05, 0.1) is 0 Å². The minimum absolute atomic E-state index is 0.00129. The van der Waals surface area contributed by atoms with Crippen molar-refractivity contribution in [3.8, 4) is 0 Å². The Morgan fingerprint density at radius 1 is 1.14 bits per heavy atom. The zero-order valence-electron chi connectivity index (χ0n) is 16.3. The fourth-order valence-electron chi connectivity index (χ4n) is 6.12. The maximum Gasteiger partial charge on any atom is 0.248 e. The van der Waals surface area contributed by atoms with Gasteiger partial charge in [-0.2, -0.15) is 0 Å². The van der Waals surface area contributed by atoms with E-state index in [0.717, 1.165) is 31.4 Å². The van der Waals surface area contributed by atoms with Gasteiger partial charge in [-0.3, -0.25) is 14.6 Å². The van der Waals surface area contributed by atoms with Gasteiger partial charge in [0.1, 0.15) is 5.78 Å². The molecule has 4 heteroatoms. The molecule has 2 fully saturated rings. The summed E-state index contributed by atoms with van der Waals surface area (Å²) in [6.07, 6.45) is 12.9. The lowest BCUT2D eigenvalue weighted by atomic mass is 9.59. The van der Waals surface area contributed by atoms with Crippen LogP contribution in [0.15, 0.2) is 41.5 Å². The van der Waals surface area contributed by atoms with Crippen molar-refractivity contribution in [2.75, 3.05) is 0 Å². The van der Waals surface area contributed by atoms with Crippen molar-refractivity contribution in [1.29, 1.82) is 0 Å². The summed E-state index contributed by atoms with van der Waals surface area (Å²) in [4.78, 5) is 32.3. The van der Waals surface area contributed by atoms with Gasteiger partial charge in [-0.15, -0.1) is 0 Å². The van der Waals surface area contributed by atoms with Crippen LogP contribution >= 0.6 is 0 Å². The molecule has 3 aliphatic rings. The van der Waals surface area contributed by atoms with Gasteiger partial charge in [0.15, 0.2) is 0 Å². The molecule has 146 valence electrons. The second-order valence-electron chi connectivity index (χ2n) is 9.13. The van der Waals surface area contributed by atoms with Crippen molar-refractivity contribution in [3.63, 3.8) is 0 Å². The predicted molar refractivity (Wildman–Crippen MR) is 108 cm³/mol. The minimum Gasteiger partial charge on any atom is -0.329 e. The van der Waals surface area contributed by atoms with E-state index in [1.54, 1.807) is 0 Å². The fraction of sp³-hybridized carbons (Fsp3) is 0.542. The second kappa shape index (κ2) is 6.98. The van der Waals surface area contributed by atoms with E-state index >= 15 is 0 Å². The smallest absolute Gasteiger partial charge is 0.248 e. The molecule has 0 amide bonds. The third kappa shape index (κ3) is 2.94. The standard InChI is InChI=1S/C24H28N2O2/c27-19-9-10-24(14-18-6-1-2-11-25-18)17(12-19)7-8-20(16-4-3-5-16)21-13-23(28)26-15-22(21)24/h1-2,6,11,13,15-17,20H,3-5,7-10,12,14H2,(H,26,28)/t17-,20?,24+/m1/s1. The molecule has 1 unspecified atom stereocenters. The van der Waals surface area contributed by atoms with Gasteiger partial charge >= 0.3 is 0 Å². The van der Waals surface area contributed by atoms with Gasteiger partial charge in [-0.05, 0) is 79.5 Å². The molecule has 2 aromatic heterocycles. The van der Waals surface area contributed by atoms with E-state index in [0.29, 0.717) is 36.4 Å². The zero-order chi connectivity index (χ0) is 19.1. The number of ketones is 1. The molecule has 2 aromatic rings. The first kappa shape index (κ1) is 17.8. The number of carbonyl (C=O) groups is 1. The van der Waals surface area contributed by atoms with Crippen LogP contribution in [0.5, 0.6) is 0 Å². The molecule has 1 N–H and O–H groups in total. The lowest BCUT2D eigenvalue weighted by molar-refractivity contribution is -0.123. The van der Waals surface area contributed by atoms with Crippen molar-refractivity contribution in [3.05, 3.63) is 63.8 Å². The summed E-state index contributed by atoms with van der Waals surface area (Å²) in [6, 6.07) is 7.97. The molecule has 2 saturated carbocycles. The molecular weight excluding hydrogens is 348 g/mol. The van der Waals surface area contributed by atoms with Crippen LogP contribution in [0.4, 0.5) is 0 Å². The van der Waals surface area contributed by atoms with Crippen LogP contribution in [0.25, 0.3) is 0 Å². The highest BCUT2D eigenvalue weighted by Gasteiger charge is 2.49. The molecule has 0 aliphatic heterocycles. The summed E-state index contributed by atoms with van der Waals surface area (Å²) in [6.45, 7) is 0. The Hall–Kier alpha value is -2.23. The number of rotatable bonds is 3. The number of nitrogens with zero attached hydrogens (tertiary/aromatic N) is 1. The maximum absolute atomic E-state index is 12.4. The van der Waals surface area contributed by atoms with Gasteiger partial charge in [0.2, 0.25) is 5.56 Å². The Morgan fingerprint density at radius 2 is 2.04 bits per heavy atom. The SMILES string of the molecule is O=C1CC[C@@]2(Cc3ccccn3)c3c[nH]c(=O)cc3C(C3CCC3)CC[C@@H]2C1. The van der Waals surface area contributed by atoms with Crippen molar-refractivity contribution in [2.24, 2.45) is 11.8 Å². The average molecular weight is 377 g/mol. The number of hydrogen-bond donors (Lipinski definition) is 1. The topological polar surface area (TPSA) is 62.8 Å². The average Bonchev–Trinajstić information content (AvgIpc) is 2.77. The predicted octanol–water partition coefficient (Wildman–Crippen LogP) is 4.30. The molecule has 0 bridgehead atoms. The Labute approximate surface area is 165 Å². The summed E-state index contributed by atoms with van der Waals surface area (Å²) < 4.78 is 0. The van der Waals surface area contributed by atoms with Crippen molar-refractivity contribution in [2.45, 2.75) is 69.1 Å². The molecule has 0 saturated heterocycles. The molecule has 28 heavy (non-hydrogen) atoms. The zero-order valence-corrected chi connectivity index (χ0v) is 16.3. The Bertz CT molecular complexity index is 931. The molecule has 2 heterocycles. The van der Waals surface area contributed by atoms with Crippen LogP contribution in [0, 0.1) is 11.8 Å². The highest BCUT2D eigenvalue weighted by molar-refractivity contribution is 5.80. The summed E-state index contributed by atoms with van der Waals surface area (Å²) in [7, 11) is 0. The maximum atomic E-state index is 12.4. The molecule has 5 rings (SSSR count). The van der Waals surface area contributed by atoms with E-state index in [1.807, 2.05) is 30.6 Å². The first-order valence-corrected chi connectivity index (χ1v) is 10.8. The van der Waals surface area contributed by atoms with Crippen LogP contribution < -0.4 is 5.56 Å². The van der Waals surface area contributed by atoms with E-state index in [-0.39, 0.29) is 11.0 Å². The molecular formula is C24H28N2O2. The fourth-order valence-corrected chi connectivity index (χ4v) is 6.12. The van der Waals surface area contributed by atoms with Gasteiger partial charge in [0.25, 0.3) is 0 Å². The van der Waals surface area contributed by atoms with Gasteiger partial charge < -0.3 is 4.98 Å². The van der Waals surface area contributed by atoms with E-state index in [9.17, 15) is 9.59 Å². The number of carbonyl (C=O) groups excluding carboxylic acids is 1. The highest BCUT2D eigenvalue weighted by atomic mass is 16.1. The minimum atomic E-state index is -0.0969. The third-order valence-corrected chi connectivity index (χ3v) is 7.77. The number of nitrogens with one attached hydrogen (secondary N) is 1. The molecule has 3 atom stereocenters.